The lowest BCUT2D eigenvalue weighted by atomic mass is 9.74. The van der Waals surface area contributed by atoms with Gasteiger partial charge in [0.15, 0.2) is 5.96 Å². The quantitative estimate of drug-likeness (QED) is 0.483. The maximum Gasteiger partial charge on any atom is 0.191 e. The number of halogens is 2. The molecule has 126 valence electrons. The summed E-state index contributed by atoms with van der Waals surface area (Å²) in [7, 11) is 1.75. The van der Waals surface area contributed by atoms with Crippen molar-refractivity contribution in [3.63, 3.8) is 0 Å². The number of nitrogens with zero attached hydrogens (tertiary/aromatic N) is 1. The second-order valence-electron chi connectivity index (χ2n) is 5.61. The van der Waals surface area contributed by atoms with Crippen molar-refractivity contribution in [2.75, 3.05) is 33.4 Å². The molecule has 1 fully saturated rings. The molecule has 0 spiro atoms. The van der Waals surface area contributed by atoms with Gasteiger partial charge in [0, 0.05) is 48.8 Å². The molecule has 1 saturated heterocycles. The molecule has 6 heteroatoms. The van der Waals surface area contributed by atoms with E-state index in [-0.39, 0.29) is 5.41 Å². The van der Waals surface area contributed by atoms with Crippen LogP contribution in [-0.4, -0.2) is 39.3 Å². The van der Waals surface area contributed by atoms with Gasteiger partial charge in [-0.3, -0.25) is 4.99 Å². The third kappa shape index (κ3) is 4.63. The summed E-state index contributed by atoms with van der Waals surface area (Å²) < 4.78 is 5.55. The molecule has 1 aliphatic rings. The molecule has 1 aromatic rings. The molecule has 0 atom stereocenters. The van der Waals surface area contributed by atoms with Crippen molar-refractivity contribution in [3.8, 4) is 0 Å². The molecule has 1 aliphatic heterocycles. The summed E-state index contributed by atoms with van der Waals surface area (Å²) in [5, 5.41) is 7.94. The van der Waals surface area contributed by atoms with Crippen LogP contribution in [-0.2, 0) is 10.2 Å². The Morgan fingerprint density at radius 2 is 2.09 bits per heavy atom. The van der Waals surface area contributed by atoms with Gasteiger partial charge in [-0.15, -0.1) is 6.58 Å². The van der Waals surface area contributed by atoms with Crippen molar-refractivity contribution in [1.82, 2.24) is 10.6 Å². The number of ether oxygens (including phenoxy) is 1. The third-order valence-electron chi connectivity index (χ3n) is 4.18. The predicted octanol–water partition coefficient (Wildman–Crippen LogP) is 3.39. The monoisotopic (exact) mass is 355 g/mol. The molecule has 2 rings (SSSR count). The van der Waals surface area contributed by atoms with Crippen molar-refractivity contribution in [2.24, 2.45) is 4.99 Å². The number of hydrogen-bond donors (Lipinski definition) is 2. The Labute approximate surface area is 147 Å². The lowest BCUT2D eigenvalue weighted by Gasteiger charge is -2.38. The topological polar surface area (TPSA) is 45.7 Å². The van der Waals surface area contributed by atoms with Gasteiger partial charge in [0.25, 0.3) is 0 Å². The first kappa shape index (κ1) is 18.1. The number of aliphatic imine (C=N–C) groups is 1. The largest absolute Gasteiger partial charge is 0.381 e. The predicted molar refractivity (Wildman–Crippen MR) is 97.8 cm³/mol. The molecule has 1 aromatic carbocycles. The average molecular weight is 356 g/mol. The third-order valence-corrected chi connectivity index (χ3v) is 4.73. The van der Waals surface area contributed by atoms with Crippen LogP contribution in [0.4, 0.5) is 0 Å². The zero-order valence-corrected chi connectivity index (χ0v) is 14.9. The molecule has 0 saturated carbocycles. The Kier molecular flexibility index (Phi) is 6.75. The van der Waals surface area contributed by atoms with Crippen LogP contribution in [0.3, 0.4) is 0 Å². The Bertz CT molecular complexity index is 569. The number of nitrogens with one attached hydrogen (secondary N) is 2. The van der Waals surface area contributed by atoms with Gasteiger partial charge < -0.3 is 15.4 Å². The maximum absolute atomic E-state index is 6.47. The van der Waals surface area contributed by atoms with E-state index in [1.54, 1.807) is 19.2 Å². The molecule has 0 aliphatic carbocycles. The number of guanidine groups is 1. The average Bonchev–Trinajstić information content (AvgIpc) is 2.56. The summed E-state index contributed by atoms with van der Waals surface area (Å²) in [5.41, 5.74) is 1.02. The van der Waals surface area contributed by atoms with Gasteiger partial charge in [-0.1, -0.05) is 35.3 Å². The molecule has 0 bridgehead atoms. The SMILES string of the molecule is C=CCNC(=NC)NCC1(c2ccc(Cl)cc2Cl)CCOCC1. The lowest BCUT2D eigenvalue weighted by molar-refractivity contribution is 0.0514. The molecule has 1 heterocycles. The van der Waals surface area contributed by atoms with Crippen molar-refractivity contribution < 1.29 is 4.74 Å². The summed E-state index contributed by atoms with van der Waals surface area (Å²) in [6, 6.07) is 5.73. The van der Waals surface area contributed by atoms with Crippen molar-refractivity contribution in [1.29, 1.82) is 0 Å². The van der Waals surface area contributed by atoms with E-state index in [2.05, 4.69) is 22.2 Å². The van der Waals surface area contributed by atoms with Gasteiger partial charge in [0.05, 0.1) is 0 Å². The van der Waals surface area contributed by atoms with E-state index in [1.807, 2.05) is 12.1 Å². The van der Waals surface area contributed by atoms with Crippen LogP contribution in [0.25, 0.3) is 0 Å². The van der Waals surface area contributed by atoms with E-state index in [4.69, 9.17) is 27.9 Å². The van der Waals surface area contributed by atoms with Gasteiger partial charge in [0.1, 0.15) is 0 Å². The van der Waals surface area contributed by atoms with Crippen LogP contribution in [0.5, 0.6) is 0 Å². The van der Waals surface area contributed by atoms with Crippen LogP contribution in [0.15, 0.2) is 35.8 Å². The first-order valence-electron chi connectivity index (χ1n) is 7.70. The molecule has 23 heavy (non-hydrogen) atoms. The highest BCUT2D eigenvalue weighted by atomic mass is 35.5. The van der Waals surface area contributed by atoms with Crippen LogP contribution in [0.1, 0.15) is 18.4 Å². The fourth-order valence-electron chi connectivity index (χ4n) is 2.87. The Hall–Kier alpha value is -1.23. The molecule has 0 amide bonds. The molecule has 0 aromatic heterocycles. The minimum absolute atomic E-state index is 0.0915. The molecular formula is C17H23Cl2N3O. The second kappa shape index (κ2) is 8.57. The minimum Gasteiger partial charge on any atom is -0.381 e. The Balaban J connectivity index is 2.20. The zero-order chi connectivity index (χ0) is 16.7. The van der Waals surface area contributed by atoms with E-state index in [0.29, 0.717) is 16.6 Å². The smallest absolute Gasteiger partial charge is 0.191 e. The summed E-state index contributed by atoms with van der Waals surface area (Å²) in [6.07, 6.45) is 3.60. The van der Waals surface area contributed by atoms with E-state index in [9.17, 15) is 0 Å². The van der Waals surface area contributed by atoms with Gasteiger partial charge in [-0.05, 0) is 30.5 Å². The maximum atomic E-state index is 6.47. The summed E-state index contributed by atoms with van der Waals surface area (Å²) in [4.78, 5) is 4.23. The summed E-state index contributed by atoms with van der Waals surface area (Å²) in [5.74, 6) is 0.751. The summed E-state index contributed by atoms with van der Waals surface area (Å²) in [6.45, 7) is 6.54. The highest BCUT2D eigenvalue weighted by Crippen LogP contribution is 2.39. The normalized spacial score (nSPS) is 17.6. The van der Waals surface area contributed by atoms with Crippen LogP contribution in [0, 0.1) is 0 Å². The van der Waals surface area contributed by atoms with E-state index < -0.39 is 0 Å². The molecule has 0 radical (unpaired) electrons. The molecule has 0 unspecified atom stereocenters. The van der Waals surface area contributed by atoms with E-state index >= 15 is 0 Å². The van der Waals surface area contributed by atoms with Crippen molar-refractivity contribution in [2.45, 2.75) is 18.3 Å². The van der Waals surface area contributed by atoms with Gasteiger partial charge in [-0.2, -0.15) is 0 Å². The molecular weight excluding hydrogens is 333 g/mol. The lowest BCUT2D eigenvalue weighted by Crippen LogP contribution is -2.48. The van der Waals surface area contributed by atoms with Gasteiger partial charge in [0.2, 0.25) is 0 Å². The first-order chi connectivity index (χ1) is 11.1. The minimum atomic E-state index is -0.0915. The van der Waals surface area contributed by atoms with Crippen LogP contribution in [0.2, 0.25) is 10.0 Å². The Morgan fingerprint density at radius 1 is 1.35 bits per heavy atom. The molecule has 4 nitrogen and oxygen atoms in total. The van der Waals surface area contributed by atoms with Gasteiger partial charge >= 0.3 is 0 Å². The number of benzene rings is 1. The van der Waals surface area contributed by atoms with Crippen molar-refractivity contribution in [3.05, 3.63) is 46.5 Å². The zero-order valence-electron chi connectivity index (χ0n) is 13.4. The Morgan fingerprint density at radius 3 is 2.70 bits per heavy atom. The fourth-order valence-corrected chi connectivity index (χ4v) is 3.47. The van der Waals surface area contributed by atoms with Crippen molar-refractivity contribution >= 4 is 29.2 Å². The fraction of sp³-hybridized carbons (Fsp3) is 0.471. The van der Waals surface area contributed by atoms with Crippen LogP contribution < -0.4 is 10.6 Å². The first-order valence-corrected chi connectivity index (χ1v) is 8.45. The van der Waals surface area contributed by atoms with E-state index in [1.165, 1.54) is 0 Å². The highest BCUT2D eigenvalue weighted by molar-refractivity contribution is 6.35. The highest BCUT2D eigenvalue weighted by Gasteiger charge is 2.36. The molecule has 2 N–H and O–H groups in total. The van der Waals surface area contributed by atoms with E-state index in [0.717, 1.165) is 44.1 Å². The van der Waals surface area contributed by atoms with Crippen LogP contribution >= 0.6 is 23.2 Å². The number of hydrogen-bond acceptors (Lipinski definition) is 2. The number of rotatable bonds is 5. The standard InChI is InChI=1S/C17H23Cl2N3O/c1-3-8-21-16(20-2)22-12-17(6-9-23-10-7-17)14-5-4-13(18)11-15(14)19/h3-5,11H,1,6-10,12H2,2H3,(H2,20,21,22). The van der Waals surface area contributed by atoms with Gasteiger partial charge in [-0.25, -0.2) is 0 Å². The summed E-state index contributed by atoms with van der Waals surface area (Å²) >= 11 is 12.5. The second-order valence-corrected chi connectivity index (χ2v) is 6.46.